The Bertz CT molecular complexity index is 766. The first-order valence-electron chi connectivity index (χ1n) is 23.9. The van der Waals surface area contributed by atoms with Gasteiger partial charge in [-0.3, -0.25) is 0 Å². The van der Waals surface area contributed by atoms with E-state index in [-0.39, 0.29) is 0 Å². The smallest absolute Gasteiger partial charge is 0.234 e. The van der Waals surface area contributed by atoms with E-state index in [0.29, 0.717) is 0 Å². The fourth-order valence-electron chi connectivity index (χ4n) is 8.09. The van der Waals surface area contributed by atoms with Crippen molar-refractivity contribution in [3.8, 4) is 0 Å². The molecule has 0 aliphatic carbocycles. The fraction of sp³-hybridized carbons (Fsp3) is 0.938. The molecule has 2 heteroatoms. The molecule has 50 heavy (non-hydrogen) atoms. The first-order valence-corrected chi connectivity index (χ1v) is 23.9. The average molecular weight is 700 g/mol. The summed E-state index contributed by atoms with van der Waals surface area (Å²) in [5.74, 6) is 1.63. The zero-order valence-electron chi connectivity index (χ0n) is 35.2. The Morgan fingerprint density at radius 2 is 0.620 bits per heavy atom. The minimum atomic E-state index is 1.23. The molecule has 0 fully saturated rings. The molecule has 0 unspecified atom stereocenters. The predicted octanol–water partition coefficient (Wildman–Crippen LogP) is 16.6. The summed E-state index contributed by atoms with van der Waals surface area (Å²) in [5, 5.41) is 0. The highest BCUT2D eigenvalue weighted by Gasteiger charge is 2.16. The zero-order chi connectivity index (χ0) is 35.8. The Hall–Kier alpha value is -0.790. The van der Waals surface area contributed by atoms with Crippen LogP contribution in [0.25, 0.3) is 0 Å². The van der Waals surface area contributed by atoms with Crippen LogP contribution in [0.1, 0.15) is 277 Å². The van der Waals surface area contributed by atoms with E-state index in [0.717, 1.165) is 0 Å². The molecule has 0 aromatic carbocycles. The molecular formula is C48H95N2+. The SMILES string of the molecule is CCCCCCCCCCCCCCCCCC[n+]1ccn(CCCCCCCCCCCCCCC)c1CCCCCCCCCCCC. The lowest BCUT2D eigenvalue weighted by molar-refractivity contribution is -0.704. The van der Waals surface area contributed by atoms with Gasteiger partial charge in [0.1, 0.15) is 12.4 Å². The van der Waals surface area contributed by atoms with Gasteiger partial charge in [0.25, 0.3) is 5.82 Å². The van der Waals surface area contributed by atoms with Crippen LogP contribution in [0.2, 0.25) is 0 Å². The molecule has 0 N–H and O–H groups in total. The molecule has 1 aromatic heterocycles. The summed E-state index contributed by atoms with van der Waals surface area (Å²) in [6.45, 7) is 9.42. The third-order valence-corrected chi connectivity index (χ3v) is 11.6. The maximum atomic E-state index is 2.65. The number of aryl methyl sites for hydroxylation is 2. The summed E-state index contributed by atoms with van der Waals surface area (Å²) < 4.78 is 5.30. The van der Waals surface area contributed by atoms with E-state index in [2.05, 4.69) is 42.3 Å². The molecule has 1 aromatic rings. The molecule has 0 atom stereocenters. The summed E-state index contributed by atoms with van der Waals surface area (Å²) >= 11 is 0. The number of hydrogen-bond acceptors (Lipinski definition) is 0. The minimum Gasteiger partial charge on any atom is -0.234 e. The molecule has 0 aliphatic heterocycles. The van der Waals surface area contributed by atoms with Crippen LogP contribution in [0.4, 0.5) is 0 Å². The molecule has 0 saturated carbocycles. The van der Waals surface area contributed by atoms with E-state index in [1.807, 2.05) is 0 Å². The number of nitrogens with zero attached hydrogens (tertiary/aromatic N) is 2. The molecule has 0 bridgehead atoms. The minimum absolute atomic E-state index is 1.23. The Balaban J connectivity index is 2.24. The van der Waals surface area contributed by atoms with Crippen LogP contribution in [-0.4, -0.2) is 4.57 Å². The van der Waals surface area contributed by atoms with E-state index in [1.165, 1.54) is 270 Å². The largest absolute Gasteiger partial charge is 0.256 e. The van der Waals surface area contributed by atoms with Gasteiger partial charge in [0.15, 0.2) is 0 Å². The first-order chi connectivity index (χ1) is 24.8. The predicted molar refractivity (Wildman–Crippen MR) is 225 cm³/mol. The van der Waals surface area contributed by atoms with Crippen molar-refractivity contribution < 1.29 is 4.57 Å². The zero-order valence-corrected chi connectivity index (χ0v) is 35.2. The molecule has 1 rings (SSSR count). The molecule has 1 heterocycles. The van der Waals surface area contributed by atoms with Gasteiger partial charge in [-0.1, -0.05) is 239 Å². The van der Waals surface area contributed by atoms with Crippen LogP contribution in [0.15, 0.2) is 12.4 Å². The molecule has 2 nitrogen and oxygen atoms in total. The average Bonchev–Trinajstić information content (AvgIpc) is 3.51. The van der Waals surface area contributed by atoms with Crippen molar-refractivity contribution in [2.75, 3.05) is 0 Å². The molecule has 0 aliphatic rings. The van der Waals surface area contributed by atoms with Crippen LogP contribution >= 0.6 is 0 Å². The third-order valence-electron chi connectivity index (χ3n) is 11.6. The second kappa shape index (κ2) is 39.4. The highest BCUT2D eigenvalue weighted by Crippen LogP contribution is 2.16. The lowest BCUT2D eigenvalue weighted by atomic mass is 10.0. The molecule has 0 saturated heterocycles. The summed E-state index contributed by atoms with van der Waals surface area (Å²) in [6.07, 6.45) is 62.3. The van der Waals surface area contributed by atoms with Gasteiger partial charge >= 0.3 is 0 Å². The summed E-state index contributed by atoms with van der Waals surface area (Å²) in [5.41, 5.74) is 0. The second-order valence-corrected chi connectivity index (χ2v) is 16.6. The third kappa shape index (κ3) is 30.8. The van der Waals surface area contributed by atoms with Gasteiger partial charge in [-0.05, 0) is 32.1 Å². The Labute approximate surface area is 317 Å². The van der Waals surface area contributed by atoms with Gasteiger partial charge in [-0.15, -0.1) is 0 Å². The van der Waals surface area contributed by atoms with E-state index in [9.17, 15) is 0 Å². The van der Waals surface area contributed by atoms with Gasteiger partial charge < -0.3 is 0 Å². The van der Waals surface area contributed by atoms with Gasteiger partial charge in [0.05, 0.1) is 13.1 Å². The summed E-state index contributed by atoms with van der Waals surface area (Å²) in [4.78, 5) is 0. The van der Waals surface area contributed by atoms with Crippen LogP contribution in [-0.2, 0) is 19.5 Å². The molecule has 0 radical (unpaired) electrons. The monoisotopic (exact) mass is 700 g/mol. The van der Waals surface area contributed by atoms with Gasteiger partial charge in [-0.25, -0.2) is 9.13 Å². The van der Waals surface area contributed by atoms with Crippen molar-refractivity contribution in [3.05, 3.63) is 18.2 Å². The highest BCUT2D eigenvalue weighted by atomic mass is 15.1. The van der Waals surface area contributed by atoms with Crippen LogP contribution in [0.5, 0.6) is 0 Å². The molecule has 0 spiro atoms. The van der Waals surface area contributed by atoms with E-state index >= 15 is 0 Å². The van der Waals surface area contributed by atoms with E-state index in [1.54, 1.807) is 5.82 Å². The van der Waals surface area contributed by atoms with Crippen molar-refractivity contribution in [3.63, 3.8) is 0 Å². The standard InChI is InChI=1S/C48H95N2/c1-4-7-10-13-16-19-22-24-25-26-28-30-33-36-39-42-45-50-47-46-49(48(50)43-40-37-34-31-21-18-15-12-9-6-3)44-41-38-35-32-29-27-23-20-17-14-11-8-5-2/h46-47H,4-45H2,1-3H3/q+1. The molecule has 296 valence electrons. The first kappa shape index (κ1) is 47.2. The number of aromatic nitrogens is 2. The topological polar surface area (TPSA) is 8.81 Å². The Morgan fingerprint density at radius 3 is 0.960 bits per heavy atom. The van der Waals surface area contributed by atoms with Crippen molar-refractivity contribution in [1.82, 2.24) is 4.57 Å². The van der Waals surface area contributed by atoms with Crippen molar-refractivity contribution in [2.24, 2.45) is 0 Å². The molecular weight excluding hydrogens is 605 g/mol. The van der Waals surface area contributed by atoms with E-state index in [4.69, 9.17) is 0 Å². The number of imidazole rings is 1. The van der Waals surface area contributed by atoms with Crippen LogP contribution in [0.3, 0.4) is 0 Å². The van der Waals surface area contributed by atoms with Crippen molar-refractivity contribution in [2.45, 2.75) is 291 Å². The van der Waals surface area contributed by atoms with Gasteiger partial charge in [-0.2, -0.15) is 0 Å². The summed E-state index contributed by atoms with van der Waals surface area (Å²) in [7, 11) is 0. The number of hydrogen-bond donors (Lipinski definition) is 0. The fourth-order valence-corrected chi connectivity index (χ4v) is 8.09. The highest BCUT2D eigenvalue weighted by molar-refractivity contribution is 4.84. The summed E-state index contributed by atoms with van der Waals surface area (Å²) in [6, 6.07) is 0. The van der Waals surface area contributed by atoms with Crippen molar-refractivity contribution in [1.29, 1.82) is 0 Å². The second-order valence-electron chi connectivity index (χ2n) is 16.6. The van der Waals surface area contributed by atoms with E-state index < -0.39 is 0 Å². The number of unbranched alkanes of at least 4 members (excludes halogenated alkanes) is 36. The maximum Gasteiger partial charge on any atom is 0.256 e. The quantitative estimate of drug-likeness (QED) is 0.0474. The van der Waals surface area contributed by atoms with Gasteiger partial charge in [0.2, 0.25) is 0 Å². The van der Waals surface area contributed by atoms with Crippen LogP contribution in [0, 0.1) is 0 Å². The normalized spacial score (nSPS) is 11.7. The molecule has 0 amide bonds. The van der Waals surface area contributed by atoms with Gasteiger partial charge in [0, 0.05) is 6.42 Å². The van der Waals surface area contributed by atoms with Crippen molar-refractivity contribution >= 4 is 0 Å². The number of rotatable bonds is 42. The lowest BCUT2D eigenvalue weighted by Gasteiger charge is -2.07. The Morgan fingerprint density at radius 1 is 0.340 bits per heavy atom. The van der Waals surface area contributed by atoms with Crippen LogP contribution < -0.4 is 4.57 Å². The Kier molecular flexibility index (Phi) is 37.2. The maximum absolute atomic E-state index is 2.65. The lowest BCUT2D eigenvalue weighted by Crippen LogP contribution is -2.37.